The molecule has 0 spiro atoms. The van der Waals surface area contributed by atoms with E-state index in [1.54, 1.807) is 29.4 Å². The van der Waals surface area contributed by atoms with E-state index in [4.69, 9.17) is 4.74 Å². The van der Waals surface area contributed by atoms with Crippen LogP contribution in [-0.2, 0) is 4.79 Å². The first-order valence-electron chi connectivity index (χ1n) is 10.5. The highest BCUT2D eigenvalue weighted by Crippen LogP contribution is 2.33. The molecule has 160 valence electrons. The van der Waals surface area contributed by atoms with Gasteiger partial charge in [0, 0.05) is 54.5 Å². The van der Waals surface area contributed by atoms with Crippen molar-refractivity contribution >= 4 is 17.7 Å². The molecule has 2 aliphatic rings. The second-order valence-corrected chi connectivity index (χ2v) is 9.20. The van der Waals surface area contributed by atoms with Crippen LogP contribution >= 0.6 is 11.8 Å². The third-order valence-corrected chi connectivity index (χ3v) is 7.15. The Labute approximate surface area is 180 Å². The monoisotopic (exact) mass is 428 g/mol. The molecule has 1 unspecified atom stereocenters. The number of carbonyl (C=O) groups excluding carboxylic acids is 1. The second kappa shape index (κ2) is 8.79. The summed E-state index contributed by atoms with van der Waals surface area (Å²) in [7, 11) is 0. The third kappa shape index (κ3) is 4.38. The van der Waals surface area contributed by atoms with Gasteiger partial charge < -0.3 is 9.64 Å². The normalized spacial score (nSPS) is 19.0. The van der Waals surface area contributed by atoms with E-state index in [9.17, 15) is 9.59 Å². The Balaban J connectivity index is 1.30. The number of aryl methyl sites for hydroxylation is 2. The number of hydrogen-bond donors (Lipinski definition) is 0. The molecule has 2 aromatic heterocycles. The molecule has 1 amide bonds. The van der Waals surface area contributed by atoms with Crippen LogP contribution in [0, 0.1) is 26.7 Å². The number of likely N-dealkylation sites (tertiary alicyclic amines) is 1. The number of aromatic nitrogens is 3. The molecule has 4 rings (SSSR count). The van der Waals surface area contributed by atoms with Crippen LogP contribution in [0.5, 0.6) is 5.75 Å². The van der Waals surface area contributed by atoms with Crippen LogP contribution in [0.2, 0.25) is 0 Å². The number of piperidine rings is 1. The number of pyridine rings is 1. The molecule has 1 atom stereocenters. The van der Waals surface area contributed by atoms with Gasteiger partial charge in [-0.3, -0.25) is 19.1 Å². The highest BCUT2D eigenvalue weighted by Gasteiger charge is 2.31. The van der Waals surface area contributed by atoms with Gasteiger partial charge in [-0.15, -0.1) is 0 Å². The summed E-state index contributed by atoms with van der Waals surface area (Å²) in [5.41, 5.74) is 2.38. The lowest BCUT2D eigenvalue weighted by Crippen LogP contribution is -2.41. The summed E-state index contributed by atoms with van der Waals surface area (Å²) < 4.78 is 7.64. The first-order valence-corrected chi connectivity index (χ1v) is 11.5. The third-order valence-electron chi connectivity index (χ3n) is 6.05. The van der Waals surface area contributed by atoms with Crippen molar-refractivity contribution < 1.29 is 9.53 Å². The molecule has 0 aromatic carbocycles. The van der Waals surface area contributed by atoms with Gasteiger partial charge in [0.2, 0.25) is 5.91 Å². The Hall–Kier alpha value is -2.35. The molecule has 0 saturated carbocycles. The predicted molar refractivity (Wildman–Crippen MR) is 116 cm³/mol. The van der Waals surface area contributed by atoms with Crippen molar-refractivity contribution in [3.8, 4) is 5.75 Å². The Morgan fingerprint density at radius 3 is 2.77 bits per heavy atom. The van der Waals surface area contributed by atoms with E-state index in [2.05, 4.69) is 9.97 Å². The van der Waals surface area contributed by atoms with Gasteiger partial charge in [0.25, 0.3) is 5.56 Å². The molecule has 1 fully saturated rings. The molecule has 1 saturated heterocycles. The average Bonchev–Trinajstić information content (AvgIpc) is 3.13. The molecule has 8 heteroatoms. The Morgan fingerprint density at radius 2 is 2.03 bits per heavy atom. The van der Waals surface area contributed by atoms with Crippen LogP contribution in [0.25, 0.3) is 0 Å². The minimum Gasteiger partial charge on any atom is -0.493 e. The second-order valence-electron chi connectivity index (χ2n) is 8.22. The van der Waals surface area contributed by atoms with Crippen LogP contribution in [0.15, 0.2) is 28.3 Å². The summed E-state index contributed by atoms with van der Waals surface area (Å²) in [6.45, 7) is 7.77. The smallest absolute Gasteiger partial charge is 0.257 e. The number of nitrogens with zero attached hydrogens (tertiary/aromatic N) is 4. The molecule has 2 aromatic rings. The van der Waals surface area contributed by atoms with Gasteiger partial charge in [0.05, 0.1) is 12.6 Å². The highest BCUT2D eigenvalue weighted by molar-refractivity contribution is 7.99. The first kappa shape index (κ1) is 20.9. The maximum Gasteiger partial charge on any atom is 0.257 e. The number of fused-ring (bicyclic) bond motifs is 1. The molecule has 2 aliphatic heterocycles. The average molecular weight is 429 g/mol. The van der Waals surface area contributed by atoms with Gasteiger partial charge >= 0.3 is 0 Å². The summed E-state index contributed by atoms with van der Waals surface area (Å²) >= 11 is 1.57. The maximum absolute atomic E-state index is 12.9. The van der Waals surface area contributed by atoms with Gasteiger partial charge in [-0.25, -0.2) is 4.98 Å². The number of carbonyl (C=O) groups is 1. The number of hydrogen-bond acceptors (Lipinski definition) is 6. The molecule has 0 aliphatic carbocycles. The standard InChI is InChI=1S/C22H28N4O3S/c1-14-10-19(4-7-23-14)29-12-17-5-8-25(9-6-17)20(27)11-18-13-30-22-24-16(3)15(2)21(28)26(18)22/h4,7,10,17-18H,5-6,8-9,11-13H2,1-3H3. The molecule has 0 radical (unpaired) electrons. The molecule has 0 bridgehead atoms. The zero-order chi connectivity index (χ0) is 21.3. The number of amides is 1. The van der Waals surface area contributed by atoms with Crippen molar-refractivity contribution in [2.45, 2.75) is 51.2 Å². The van der Waals surface area contributed by atoms with E-state index >= 15 is 0 Å². The molecule has 0 N–H and O–H groups in total. The van der Waals surface area contributed by atoms with Crippen LogP contribution in [0.4, 0.5) is 0 Å². The summed E-state index contributed by atoms with van der Waals surface area (Å²) in [6.07, 6.45) is 3.99. The van der Waals surface area contributed by atoms with Crippen LogP contribution in [-0.4, -0.2) is 50.8 Å². The zero-order valence-corrected chi connectivity index (χ0v) is 18.6. The van der Waals surface area contributed by atoms with Gasteiger partial charge in [0.15, 0.2) is 5.16 Å². The Kier molecular flexibility index (Phi) is 6.13. The summed E-state index contributed by atoms with van der Waals surface area (Å²) in [5.74, 6) is 2.15. The topological polar surface area (TPSA) is 77.3 Å². The summed E-state index contributed by atoms with van der Waals surface area (Å²) in [6, 6.07) is 3.71. The van der Waals surface area contributed by atoms with Gasteiger partial charge in [-0.1, -0.05) is 11.8 Å². The van der Waals surface area contributed by atoms with Crippen molar-refractivity contribution in [3.05, 3.63) is 45.6 Å². The molecule has 4 heterocycles. The van der Waals surface area contributed by atoms with E-state index in [0.29, 0.717) is 24.5 Å². The highest BCUT2D eigenvalue weighted by atomic mass is 32.2. The van der Waals surface area contributed by atoms with E-state index in [1.165, 1.54) is 0 Å². The molecule has 30 heavy (non-hydrogen) atoms. The quantitative estimate of drug-likeness (QED) is 0.682. The van der Waals surface area contributed by atoms with Crippen molar-refractivity contribution in [2.75, 3.05) is 25.4 Å². The van der Waals surface area contributed by atoms with Crippen molar-refractivity contribution in [2.24, 2.45) is 5.92 Å². The van der Waals surface area contributed by atoms with Crippen LogP contribution in [0.1, 0.15) is 42.3 Å². The van der Waals surface area contributed by atoms with Crippen molar-refractivity contribution in [1.29, 1.82) is 0 Å². The SMILES string of the molecule is Cc1cc(OCC2CCN(C(=O)CC3CSc4nc(C)c(C)c(=O)n43)CC2)ccn1. The van der Waals surface area contributed by atoms with Gasteiger partial charge in [-0.05, 0) is 45.6 Å². The molecular formula is C22H28N4O3S. The minimum absolute atomic E-state index is 0.0116. The fourth-order valence-corrected chi connectivity index (χ4v) is 5.21. The summed E-state index contributed by atoms with van der Waals surface area (Å²) in [5, 5.41) is 0.739. The predicted octanol–water partition coefficient (Wildman–Crippen LogP) is 2.92. The molecular weight excluding hydrogens is 400 g/mol. The fourth-order valence-electron chi connectivity index (χ4n) is 4.03. The Morgan fingerprint density at radius 1 is 1.27 bits per heavy atom. The van der Waals surface area contributed by atoms with E-state index in [-0.39, 0.29) is 17.5 Å². The molecule has 7 nitrogen and oxygen atoms in total. The van der Waals surface area contributed by atoms with Gasteiger partial charge in [-0.2, -0.15) is 0 Å². The lowest BCUT2D eigenvalue weighted by molar-refractivity contribution is -0.133. The first-order chi connectivity index (χ1) is 14.4. The Bertz CT molecular complexity index is 998. The number of thioether (sulfide) groups is 1. The largest absolute Gasteiger partial charge is 0.493 e. The van der Waals surface area contributed by atoms with Gasteiger partial charge in [0.1, 0.15) is 5.75 Å². The fraction of sp³-hybridized carbons (Fsp3) is 0.545. The van der Waals surface area contributed by atoms with Crippen molar-refractivity contribution in [3.63, 3.8) is 0 Å². The lowest BCUT2D eigenvalue weighted by atomic mass is 9.97. The maximum atomic E-state index is 12.9. The van der Waals surface area contributed by atoms with Crippen molar-refractivity contribution in [1.82, 2.24) is 19.4 Å². The van der Waals surface area contributed by atoms with Crippen LogP contribution in [0.3, 0.4) is 0 Å². The van der Waals surface area contributed by atoms with E-state index in [0.717, 1.165) is 54.0 Å². The summed E-state index contributed by atoms with van der Waals surface area (Å²) in [4.78, 5) is 36.2. The van der Waals surface area contributed by atoms with E-state index in [1.807, 2.05) is 30.9 Å². The number of rotatable bonds is 5. The van der Waals surface area contributed by atoms with Crippen LogP contribution < -0.4 is 10.3 Å². The van der Waals surface area contributed by atoms with E-state index < -0.39 is 0 Å². The number of ether oxygens (including phenoxy) is 1. The lowest BCUT2D eigenvalue weighted by Gasteiger charge is -2.32. The zero-order valence-electron chi connectivity index (χ0n) is 17.8. The minimum atomic E-state index is -0.104.